The molecule has 30 heavy (non-hydrogen) atoms. The molecule has 0 saturated heterocycles. The molecular weight excluding hydrogens is 464 g/mol. The molecule has 1 aromatic rings. The number of allylic oxidation sites excluding steroid dienone is 2. The Morgan fingerprint density at radius 3 is 1.90 bits per heavy atom. The Morgan fingerprint density at radius 1 is 0.833 bits per heavy atom. The van der Waals surface area contributed by atoms with E-state index in [1.165, 1.54) is 57.1 Å². The number of unbranched alkanes of at least 4 members (excludes halogenated alkanes) is 11. The van der Waals surface area contributed by atoms with E-state index in [0.29, 0.717) is 6.42 Å². The van der Waals surface area contributed by atoms with E-state index < -0.39 is 16.1 Å². The molecule has 0 saturated carbocycles. The molecule has 0 spiro atoms. The highest BCUT2D eigenvalue weighted by atomic mass is 79.9. The van der Waals surface area contributed by atoms with Crippen molar-refractivity contribution in [3.63, 3.8) is 0 Å². The second-order valence-electron chi connectivity index (χ2n) is 7.70. The van der Waals surface area contributed by atoms with Gasteiger partial charge in [0.2, 0.25) is 0 Å². The molecule has 0 aliphatic carbocycles. The molecule has 1 rings (SSSR count). The number of carbonyl (C=O) groups is 1. The van der Waals surface area contributed by atoms with Gasteiger partial charge >= 0.3 is 16.1 Å². The molecule has 6 heteroatoms. The first-order chi connectivity index (χ1) is 14.5. The normalized spacial score (nSPS) is 11.8. The minimum absolute atomic E-state index is 0.0106. The fraction of sp³-hybridized carbons (Fsp3) is 0.625. The number of hydrogen-bond acceptors (Lipinski definition) is 4. The van der Waals surface area contributed by atoms with Crippen molar-refractivity contribution in [2.45, 2.75) is 102 Å². The molecule has 0 radical (unpaired) electrons. The van der Waals surface area contributed by atoms with Gasteiger partial charge in [-0.15, -0.1) is 0 Å². The molecule has 0 unspecified atom stereocenters. The average molecular weight is 502 g/mol. The van der Waals surface area contributed by atoms with Crippen LogP contribution in [0.2, 0.25) is 0 Å². The van der Waals surface area contributed by atoms with Crippen molar-refractivity contribution in [1.82, 2.24) is 0 Å². The maximum atomic E-state index is 12.0. The molecule has 0 aromatic heterocycles. The fourth-order valence-electron chi connectivity index (χ4n) is 3.15. The van der Waals surface area contributed by atoms with Crippen molar-refractivity contribution in [2.24, 2.45) is 0 Å². The summed E-state index contributed by atoms with van der Waals surface area (Å²) in [5.74, 6) is -0.685. The van der Waals surface area contributed by atoms with Crippen LogP contribution in [0.25, 0.3) is 0 Å². The van der Waals surface area contributed by atoms with Crippen LogP contribution < -0.4 is 0 Å². The van der Waals surface area contributed by atoms with Gasteiger partial charge in [0.05, 0.1) is 0 Å². The predicted molar refractivity (Wildman–Crippen MR) is 127 cm³/mol. The Bertz CT molecular complexity index is 711. The van der Waals surface area contributed by atoms with E-state index in [9.17, 15) is 13.2 Å². The monoisotopic (exact) mass is 500 g/mol. The summed E-state index contributed by atoms with van der Waals surface area (Å²) in [5, 5.41) is 0. The fourth-order valence-corrected chi connectivity index (χ4v) is 4.31. The SMILES string of the molecule is CCCCCCCC/C=C\CCCCCCCC(=O)OS(=O)(=O)c1ccc(Br)cc1. The van der Waals surface area contributed by atoms with Crippen LogP contribution >= 0.6 is 15.9 Å². The van der Waals surface area contributed by atoms with Gasteiger partial charge in [-0.3, -0.25) is 4.79 Å². The molecule has 0 atom stereocenters. The first-order valence-electron chi connectivity index (χ1n) is 11.3. The smallest absolute Gasteiger partial charge is 0.341 e. The average Bonchev–Trinajstić information content (AvgIpc) is 2.71. The van der Waals surface area contributed by atoms with E-state index in [0.717, 1.165) is 36.6 Å². The third-order valence-corrected chi connectivity index (χ3v) is 6.73. The highest BCUT2D eigenvalue weighted by Gasteiger charge is 2.19. The van der Waals surface area contributed by atoms with Crippen LogP contribution in [0.15, 0.2) is 45.8 Å². The van der Waals surface area contributed by atoms with Crippen LogP contribution in [0.5, 0.6) is 0 Å². The zero-order chi connectivity index (χ0) is 22.1. The summed E-state index contributed by atoms with van der Waals surface area (Å²) in [5.41, 5.74) is 0. The van der Waals surface area contributed by atoms with E-state index >= 15 is 0 Å². The summed E-state index contributed by atoms with van der Waals surface area (Å²) in [6.45, 7) is 2.25. The van der Waals surface area contributed by atoms with Gasteiger partial charge in [0.15, 0.2) is 0 Å². The number of carbonyl (C=O) groups excluding carboxylic acids is 1. The summed E-state index contributed by atoms with van der Waals surface area (Å²) < 4.78 is 29.6. The number of halogens is 1. The third kappa shape index (κ3) is 13.2. The van der Waals surface area contributed by atoms with Crippen LogP contribution in [0.4, 0.5) is 0 Å². The summed E-state index contributed by atoms with van der Waals surface area (Å²) in [4.78, 5) is 11.8. The molecule has 0 amide bonds. The molecule has 170 valence electrons. The van der Waals surface area contributed by atoms with Crippen molar-refractivity contribution in [3.05, 3.63) is 40.9 Å². The molecular formula is C24H37BrO4S. The maximum absolute atomic E-state index is 12.0. The van der Waals surface area contributed by atoms with Crippen LogP contribution in [0.3, 0.4) is 0 Å². The summed E-state index contributed by atoms with van der Waals surface area (Å²) in [6, 6.07) is 6.03. The van der Waals surface area contributed by atoms with Crippen molar-refractivity contribution in [1.29, 1.82) is 0 Å². The zero-order valence-corrected chi connectivity index (χ0v) is 20.7. The molecule has 0 fully saturated rings. The Balaban J connectivity index is 2.00. The van der Waals surface area contributed by atoms with Gasteiger partial charge in [-0.1, -0.05) is 86.4 Å². The second-order valence-corrected chi connectivity index (χ2v) is 10.2. The molecule has 1 aromatic carbocycles. The lowest BCUT2D eigenvalue weighted by molar-refractivity contribution is -0.133. The summed E-state index contributed by atoms with van der Waals surface area (Å²) >= 11 is 3.24. The van der Waals surface area contributed by atoms with Gasteiger partial charge in [-0.2, -0.15) is 8.42 Å². The largest absolute Gasteiger partial charge is 0.342 e. The Morgan fingerprint density at radius 2 is 1.33 bits per heavy atom. The summed E-state index contributed by atoms with van der Waals surface area (Å²) in [7, 11) is -4.02. The van der Waals surface area contributed by atoms with Gasteiger partial charge in [0, 0.05) is 10.9 Å². The maximum Gasteiger partial charge on any atom is 0.341 e. The Labute approximate surface area is 191 Å². The lowest BCUT2D eigenvalue weighted by Crippen LogP contribution is -2.13. The van der Waals surface area contributed by atoms with E-state index in [4.69, 9.17) is 4.18 Å². The minimum Gasteiger partial charge on any atom is -0.342 e. The zero-order valence-electron chi connectivity index (χ0n) is 18.3. The van der Waals surface area contributed by atoms with Gasteiger partial charge < -0.3 is 4.18 Å². The third-order valence-electron chi connectivity index (χ3n) is 4.95. The van der Waals surface area contributed by atoms with Gasteiger partial charge in [0.1, 0.15) is 4.90 Å². The lowest BCUT2D eigenvalue weighted by atomic mass is 10.1. The van der Waals surface area contributed by atoms with E-state index in [-0.39, 0.29) is 11.3 Å². The topological polar surface area (TPSA) is 60.4 Å². The lowest BCUT2D eigenvalue weighted by Gasteiger charge is -2.06. The molecule has 0 aliphatic heterocycles. The molecule has 0 aliphatic rings. The predicted octanol–water partition coefficient (Wildman–Crippen LogP) is 7.72. The van der Waals surface area contributed by atoms with Crippen molar-refractivity contribution in [2.75, 3.05) is 0 Å². The van der Waals surface area contributed by atoms with Crippen LogP contribution in [0.1, 0.15) is 96.8 Å². The molecule has 0 heterocycles. The summed E-state index contributed by atoms with van der Waals surface area (Å²) in [6.07, 6.45) is 20.0. The van der Waals surface area contributed by atoms with Gasteiger partial charge in [-0.25, -0.2) is 0 Å². The second kappa shape index (κ2) is 16.5. The first kappa shape index (κ1) is 26.9. The number of hydrogen-bond donors (Lipinski definition) is 0. The van der Waals surface area contributed by atoms with Crippen LogP contribution in [-0.4, -0.2) is 14.4 Å². The first-order valence-corrected chi connectivity index (χ1v) is 13.5. The highest BCUT2D eigenvalue weighted by molar-refractivity contribution is 9.10. The van der Waals surface area contributed by atoms with Gasteiger partial charge in [-0.05, 0) is 56.4 Å². The van der Waals surface area contributed by atoms with Crippen LogP contribution in [0, 0.1) is 0 Å². The number of benzene rings is 1. The van der Waals surface area contributed by atoms with Crippen molar-refractivity contribution in [3.8, 4) is 0 Å². The highest BCUT2D eigenvalue weighted by Crippen LogP contribution is 2.18. The van der Waals surface area contributed by atoms with Crippen molar-refractivity contribution < 1.29 is 17.4 Å². The molecule has 4 nitrogen and oxygen atoms in total. The van der Waals surface area contributed by atoms with Crippen molar-refractivity contribution >= 4 is 32.0 Å². The van der Waals surface area contributed by atoms with E-state index in [2.05, 4.69) is 35.0 Å². The van der Waals surface area contributed by atoms with E-state index in [1.807, 2.05) is 0 Å². The van der Waals surface area contributed by atoms with Gasteiger partial charge in [0.25, 0.3) is 0 Å². The Hall–Kier alpha value is -1.14. The van der Waals surface area contributed by atoms with E-state index in [1.54, 1.807) is 12.1 Å². The molecule has 0 N–H and O–H groups in total. The quantitative estimate of drug-likeness (QED) is 0.125. The Kier molecular flexibility index (Phi) is 14.8. The minimum atomic E-state index is -4.02. The number of rotatable bonds is 17. The standard InChI is InChI=1S/C24H37BrO4S/c1-2-3-4-5-6-7-8-9-10-11-12-13-14-15-16-17-24(26)29-30(27,28)23-20-18-22(25)19-21-23/h9-10,18-21H,2-8,11-17H2,1H3/b10-9-. The molecule has 0 bridgehead atoms. The van der Waals surface area contributed by atoms with Crippen LogP contribution in [-0.2, 0) is 19.1 Å².